The summed E-state index contributed by atoms with van der Waals surface area (Å²) in [5.74, 6) is -1.69. The van der Waals surface area contributed by atoms with Gasteiger partial charge in [0.25, 0.3) is 0 Å². The zero-order chi connectivity index (χ0) is 11.0. The molecule has 0 saturated carbocycles. The van der Waals surface area contributed by atoms with Gasteiger partial charge in [0.1, 0.15) is 18.1 Å². The van der Waals surface area contributed by atoms with Crippen molar-refractivity contribution in [2.24, 2.45) is 5.92 Å². The first-order chi connectivity index (χ1) is 6.63. The summed E-state index contributed by atoms with van der Waals surface area (Å²) in [5, 5.41) is 16.8. The van der Waals surface area contributed by atoms with Crippen molar-refractivity contribution in [3.05, 3.63) is 0 Å². The maximum absolute atomic E-state index is 11.0. The van der Waals surface area contributed by atoms with E-state index in [2.05, 4.69) is 4.74 Å². The smallest absolute Gasteiger partial charge is 0.313 e. The minimum absolute atomic E-state index is 0.0564. The Bertz CT molecular complexity index is 284. The van der Waals surface area contributed by atoms with E-state index in [0.29, 0.717) is 0 Å². The van der Waals surface area contributed by atoms with E-state index in [1.807, 2.05) is 0 Å². The number of rotatable bonds is 5. The lowest BCUT2D eigenvalue weighted by Gasteiger charge is -1.99. The highest BCUT2D eigenvalue weighted by Crippen LogP contribution is 2.05. The van der Waals surface area contributed by atoms with E-state index in [1.165, 1.54) is 7.11 Å². The Kier molecular flexibility index (Phi) is 5.73. The van der Waals surface area contributed by atoms with Gasteiger partial charge < -0.3 is 4.74 Å². The molecule has 0 aromatic rings. The molecule has 5 heteroatoms. The molecule has 0 aliphatic rings. The van der Waals surface area contributed by atoms with Gasteiger partial charge in [0, 0.05) is 6.42 Å². The van der Waals surface area contributed by atoms with E-state index in [0.717, 1.165) is 0 Å². The van der Waals surface area contributed by atoms with Crippen molar-refractivity contribution in [3.63, 3.8) is 0 Å². The summed E-state index contributed by atoms with van der Waals surface area (Å²) in [4.78, 5) is 21.7. The maximum Gasteiger partial charge on any atom is 0.313 e. The fourth-order valence-electron chi connectivity index (χ4n) is 0.785. The second-order valence-corrected chi connectivity index (χ2v) is 2.64. The van der Waals surface area contributed by atoms with Crippen LogP contribution in [0.5, 0.6) is 0 Å². The van der Waals surface area contributed by atoms with E-state index < -0.39 is 11.9 Å². The predicted molar refractivity (Wildman–Crippen MR) is 45.6 cm³/mol. The lowest BCUT2D eigenvalue weighted by atomic mass is 10.0. The lowest BCUT2D eigenvalue weighted by Crippen LogP contribution is -2.10. The third-order valence-corrected chi connectivity index (χ3v) is 1.59. The Morgan fingerprint density at radius 2 is 1.93 bits per heavy atom. The van der Waals surface area contributed by atoms with Crippen LogP contribution in [-0.4, -0.2) is 18.9 Å². The topological polar surface area (TPSA) is 90.9 Å². The largest absolute Gasteiger partial charge is 0.469 e. The molecule has 0 atom stereocenters. The normalized spacial score (nSPS) is 8.86. The van der Waals surface area contributed by atoms with E-state index in [1.54, 1.807) is 12.1 Å². The Morgan fingerprint density at radius 1 is 1.36 bits per heavy atom. The van der Waals surface area contributed by atoms with Gasteiger partial charge in [-0.1, -0.05) is 0 Å². The van der Waals surface area contributed by atoms with Gasteiger partial charge in [-0.15, -0.1) is 0 Å². The number of carbonyl (C=O) groups is 2. The molecule has 0 heterocycles. The summed E-state index contributed by atoms with van der Waals surface area (Å²) in [6.07, 6.45) is -0.0657. The Morgan fingerprint density at radius 3 is 2.36 bits per heavy atom. The number of nitrogens with zero attached hydrogens (tertiary/aromatic N) is 2. The van der Waals surface area contributed by atoms with E-state index in [9.17, 15) is 9.59 Å². The molecule has 74 valence electrons. The van der Waals surface area contributed by atoms with Crippen LogP contribution in [0.25, 0.3) is 0 Å². The van der Waals surface area contributed by atoms with Gasteiger partial charge in [-0.05, 0) is 6.42 Å². The third kappa shape index (κ3) is 4.89. The van der Waals surface area contributed by atoms with Gasteiger partial charge in [-0.25, -0.2) is 0 Å². The van der Waals surface area contributed by atoms with Crippen LogP contribution in [0, 0.1) is 28.6 Å². The van der Waals surface area contributed by atoms with Crippen molar-refractivity contribution in [2.45, 2.75) is 19.3 Å². The van der Waals surface area contributed by atoms with Crippen LogP contribution < -0.4 is 0 Å². The van der Waals surface area contributed by atoms with Crippen molar-refractivity contribution in [1.29, 1.82) is 10.5 Å². The van der Waals surface area contributed by atoms with Crippen LogP contribution in [0.15, 0.2) is 0 Å². The molecule has 0 bridgehead atoms. The number of hydrogen-bond acceptors (Lipinski definition) is 5. The number of nitriles is 2. The van der Waals surface area contributed by atoms with Gasteiger partial charge in [-0.2, -0.15) is 10.5 Å². The minimum Gasteiger partial charge on any atom is -0.469 e. The predicted octanol–water partition coefficient (Wildman–Crippen LogP) is 0.562. The van der Waals surface area contributed by atoms with Crippen LogP contribution in [0.4, 0.5) is 0 Å². The fourth-order valence-corrected chi connectivity index (χ4v) is 0.785. The SMILES string of the molecule is COC(=O)CC(=O)CCC(C#N)C#N. The fraction of sp³-hybridized carbons (Fsp3) is 0.556. The van der Waals surface area contributed by atoms with Crippen molar-refractivity contribution in [3.8, 4) is 12.1 Å². The highest BCUT2D eigenvalue weighted by molar-refractivity contribution is 5.95. The monoisotopic (exact) mass is 194 g/mol. The van der Waals surface area contributed by atoms with Crippen molar-refractivity contribution < 1.29 is 14.3 Å². The van der Waals surface area contributed by atoms with Gasteiger partial charge in [-0.3, -0.25) is 9.59 Å². The van der Waals surface area contributed by atoms with Crippen molar-refractivity contribution in [1.82, 2.24) is 0 Å². The van der Waals surface area contributed by atoms with Crippen molar-refractivity contribution >= 4 is 11.8 Å². The summed E-state index contributed by atoms with van der Waals surface area (Å²) < 4.78 is 4.29. The first kappa shape index (κ1) is 12.1. The molecule has 0 spiro atoms. The van der Waals surface area contributed by atoms with E-state index in [-0.39, 0.29) is 25.0 Å². The quantitative estimate of drug-likeness (QED) is 0.471. The second-order valence-electron chi connectivity index (χ2n) is 2.64. The number of Topliss-reactive ketones (excluding diaryl/α,β-unsaturated/α-hetero) is 1. The number of ether oxygens (including phenoxy) is 1. The number of methoxy groups -OCH3 is 1. The zero-order valence-corrected chi connectivity index (χ0v) is 7.82. The summed E-state index contributed by atoms with van der Waals surface area (Å²) in [6.45, 7) is 0. The molecule has 0 aliphatic carbocycles. The van der Waals surface area contributed by atoms with Gasteiger partial charge >= 0.3 is 5.97 Å². The molecule has 0 fully saturated rings. The molecule has 14 heavy (non-hydrogen) atoms. The molecular formula is C9H10N2O3. The zero-order valence-electron chi connectivity index (χ0n) is 7.82. The number of ketones is 1. The maximum atomic E-state index is 11.0. The molecule has 5 nitrogen and oxygen atoms in total. The molecular weight excluding hydrogens is 184 g/mol. The van der Waals surface area contributed by atoms with Crippen LogP contribution in [-0.2, 0) is 14.3 Å². The third-order valence-electron chi connectivity index (χ3n) is 1.59. The molecule has 0 aromatic heterocycles. The minimum atomic E-state index is -0.781. The number of esters is 1. The molecule has 0 aromatic carbocycles. The second kappa shape index (κ2) is 6.62. The first-order valence-electron chi connectivity index (χ1n) is 4.01. The highest BCUT2D eigenvalue weighted by Gasteiger charge is 2.12. The Labute approximate surface area is 81.9 Å². The van der Waals surface area contributed by atoms with Crippen LogP contribution >= 0.6 is 0 Å². The number of hydrogen-bond donors (Lipinski definition) is 0. The number of carbonyl (C=O) groups excluding carboxylic acids is 2. The molecule has 0 rings (SSSR count). The lowest BCUT2D eigenvalue weighted by molar-refractivity contribution is -0.143. The van der Waals surface area contributed by atoms with Crippen LogP contribution in [0.3, 0.4) is 0 Å². The summed E-state index contributed by atoms with van der Waals surface area (Å²) in [7, 11) is 1.20. The molecule has 0 saturated heterocycles. The van der Waals surface area contributed by atoms with Crippen LogP contribution in [0.2, 0.25) is 0 Å². The van der Waals surface area contributed by atoms with Crippen LogP contribution in [0.1, 0.15) is 19.3 Å². The summed E-state index contributed by atoms with van der Waals surface area (Å²) in [5.41, 5.74) is 0. The molecule has 0 radical (unpaired) electrons. The van der Waals surface area contributed by atoms with E-state index in [4.69, 9.17) is 10.5 Å². The van der Waals surface area contributed by atoms with E-state index >= 15 is 0 Å². The van der Waals surface area contributed by atoms with Gasteiger partial charge in [0.2, 0.25) is 0 Å². The standard InChI is InChI=1S/C9H10N2O3/c1-14-9(13)4-8(12)3-2-7(5-10)6-11/h7H,2-4H2,1H3. The molecule has 0 aliphatic heterocycles. The van der Waals surface area contributed by atoms with Gasteiger partial charge in [0.05, 0.1) is 19.2 Å². The average molecular weight is 194 g/mol. The average Bonchev–Trinajstić information content (AvgIpc) is 2.19. The summed E-state index contributed by atoms with van der Waals surface area (Å²) in [6, 6.07) is 3.49. The first-order valence-corrected chi connectivity index (χ1v) is 4.01. The molecule has 0 N–H and O–H groups in total. The molecule has 0 amide bonds. The highest BCUT2D eigenvalue weighted by atomic mass is 16.5. The Balaban J connectivity index is 3.82. The Hall–Kier alpha value is -1.88. The molecule has 0 unspecified atom stereocenters. The van der Waals surface area contributed by atoms with Crippen molar-refractivity contribution in [2.75, 3.05) is 7.11 Å². The summed E-state index contributed by atoms with van der Waals surface area (Å²) >= 11 is 0. The van der Waals surface area contributed by atoms with Gasteiger partial charge in [0.15, 0.2) is 0 Å².